The average molecular weight is 300 g/mol. The van der Waals surface area contributed by atoms with E-state index < -0.39 is 0 Å². The van der Waals surface area contributed by atoms with Crippen LogP contribution in [-0.2, 0) is 11.2 Å². The van der Waals surface area contributed by atoms with E-state index in [0.717, 1.165) is 31.7 Å². The fourth-order valence-electron chi connectivity index (χ4n) is 2.98. The zero-order valence-corrected chi connectivity index (χ0v) is 11.6. The fraction of sp³-hybridized carbons (Fsp3) is 0.538. The van der Waals surface area contributed by atoms with Gasteiger partial charge in [-0.1, -0.05) is 19.1 Å². The van der Waals surface area contributed by atoms with E-state index in [4.69, 9.17) is 4.74 Å². The van der Waals surface area contributed by atoms with Crippen LogP contribution < -0.4 is 0 Å². The van der Waals surface area contributed by atoms with E-state index in [9.17, 15) is 5.11 Å². The van der Waals surface area contributed by atoms with Crippen LogP contribution in [0.4, 0.5) is 0 Å². The summed E-state index contributed by atoms with van der Waals surface area (Å²) in [6.07, 6.45) is 1.08. The molecule has 0 bridgehead atoms. The molecule has 0 saturated carbocycles. The molecular weight excluding hydrogens is 282 g/mol. The molecule has 2 aliphatic rings. The second-order valence-electron chi connectivity index (χ2n) is 4.54. The molecular formula is C13H18BrNO2. The number of ether oxygens (including phenoxy) is 1. The molecule has 0 radical (unpaired) electrons. The van der Waals surface area contributed by atoms with Gasteiger partial charge in [-0.2, -0.15) is 0 Å². The lowest BCUT2D eigenvalue weighted by molar-refractivity contribution is -0.0624. The Morgan fingerprint density at radius 2 is 2.29 bits per heavy atom. The summed E-state index contributed by atoms with van der Waals surface area (Å²) in [5.74, 6) is 0.423. The number of morpholine rings is 1. The molecule has 17 heavy (non-hydrogen) atoms. The van der Waals surface area contributed by atoms with Gasteiger partial charge in [0.2, 0.25) is 0 Å². The van der Waals surface area contributed by atoms with Crippen LogP contribution >= 0.6 is 17.0 Å². The topological polar surface area (TPSA) is 32.7 Å². The van der Waals surface area contributed by atoms with Crippen LogP contribution in [0.3, 0.4) is 0 Å². The molecule has 2 atom stereocenters. The number of likely N-dealkylation sites (N-methyl/N-ethyl adjacent to an activating group) is 1. The van der Waals surface area contributed by atoms with Crippen LogP contribution in [0.5, 0.6) is 5.75 Å². The third-order valence-corrected chi connectivity index (χ3v) is 3.81. The number of fused-ring (bicyclic) bond motifs is 3. The predicted octanol–water partition coefficient (Wildman–Crippen LogP) is 2.29. The molecule has 3 nitrogen and oxygen atoms in total. The summed E-state index contributed by atoms with van der Waals surface area (Å²) in [5, 5.41) is 9.86. The molecule has 0 unspecified atom stereocenters. The number of benzene rings is 1. The quantitative estimate of drug-likeness (QED) is 0.864. The second-order valence-corrected chi connectivity index (χ2v) is 4.54. The first-order chi connectivity index (χ1) is 7.81. The summed E-state index contributed by atoms with van der Waals surface area (Å²) in [4.78, 5) is 2.45. The highest BCUT2D eigenvalue weighted by molar-refractivity contribution is 8.93. The SMILES string of the molecule is Br.CCN1CCO[C@@H]2c3cccc(O)c3C[C@H]21. The van der Waals surface area contributed by atoms with Crippen molar-refractivity contribution in [2.24, 2.45) is 0 Å². The summed E-state index contributed by atoms with van der Waals surface area (Å²) in [5.41, 5.74) is 2.26. The van der Waals surface area contributed by atoms with E-state index in [2.05, 4.69) is 17.9 Å². The van der Waals surface area contributed by atoms with Crippen LogP contribution in [0.25, 0.3) is 0 Å². The van der Waals surface area contributed by atoms with Crippen molar-refractivity contribution in [1.82, 2.24) is 4.90 Å². The lowest BCUT2D eigenvalue weighted by atomic mass is 10.1. The maximum Gasteiger partial charge on any atom is 0.119 e. The predicted molar refractivity (Wildman–Crippen MR) is 71.9 cm³/mol. The Kier molecular flexibility index (Phi) is 3.76. The largest absolute Gasteiger partial charge is 0.508 e. The summed E-state index contributed by atoms with van der Waals surface area (Å²) in [6, 6.07) is 6.18. The van der Waals surface area contributed by atoms with Gasteiger partial charge in [0, 0.05) is 18.2 Å². The zero-order chi connectivity index (χ0) is 11.1. The van der Waals surface area contributed by atoms with Gasteiger partial charge in [-0.25, -0.2) is 0 Å². The third kappa shape index (κ3) is 1.98. The first kappa shape index (κ1) is 12.9. The molecule has 1 aliphatic carbocycles. The molecule has 1 saturated heterocycles. The van der Waals surface area contributed by atoms with Crippen molar-refractivity contribution >= 4 is 17.0 Å². The second kappa shape index (κ2) is 4.96. The van der Waals surface area contributed by atoms with Gasteiger partial charge in [0.15, 0.2) is 0 Å². The minimum Gasteiger partial charge on any atom is -0.508 e. The summed E-state index contributed by atoms with van der Waals surface area (Å²) in [7, 11) is 0. The fourth-order valence-corrected chi connectivity index (χ4v) is 2.98. The summed E-state index contributed by atoms with van der Waals surface area (Å²) >= 11 is 0. The maximum atomic E-state index is 9.86. The van der Waals surface area contributed by atoms with Crippen LogP contribution in [0.15, 0.2) is 18.2 Å². The van der Waals surface area contributed by atoms with Gasteiger partial charge in [-0.05, 0) is 24.6 Å². The van der Waals surface area contributed by atoms with E-state index in [-0.39, 0.29) is 23.1 Å². The van der Waals surface area contributed by atoms with E-state index >= 15 is 0 Å². The lowest BCUT2D eigenvalue weighted by Gasteiger charge is -2.37. The van der Waals surface area contributed by atoms with Gasteiger partial charge in [-0.3, -0.25) is 4.90 Å². The molecule has 0 amide bonds. The molecule has 0 spiro atoms. The van der Waals surface area contributed by atoms with Crippen molar-refractivity contribution in [3.63, 3.8) is 0 Å². The third-order valence-electron chi connectivity index (χ3n) is 3.81. The van der Waals surface area contributed by atoms with Crippen LogP contribution in [0, 0.1) is 0 Å². The molecule has 0 aromatic heterocycles. The Balaban J connectivity index is 0.00000108. The number of halogens is 1. The van der Waals surface area contributed by atoms with Crippen molar-refractivity contribution in [3.8, 4) is 5.75 Å². The molecule has 1 aromatic carbocycles. The Morgan fingerprint density at radius 3 is 3.06 bits per heavy atom. The molecule has 1 aliphatic heterocycles. The number of aromatic hydroxyl groups is 1. The van der Waals surface area contributed by atoms with E-state index in [1.165, 1.54) is 5.56 Å². The van der Waals surface area contributed by atoms with Gasteiger partial charge in [0.05, 0.1) is 12.7 Å². The number of phenolic OH excluding ortho intramolecular Hbond substituents is 1. The first-order valence-corrected chi connectivity index (χ1v) is 5.97. The standard InChI is InChI=1S/C13H17NO2.BrH/c1-2-14-6-7-16-13-9-4-3-5-12(15)10(9)8-11(13)14;/h3-5,11,13,15H,2,6-8H2,1H3;1H/t11-,13-;/m1./s1. The highest BCUT2D eigenvalue weighted by Gasteiger charge is 2.40. The molecule has 1 aromatic rings. The Labute approximate surface area is 112 Å². The summed E-state index contributed by atoms with van der Waals surface area (Å²) in [6.45, 7) is 5.04. The monoisotopic (exact) mass is 299 g/mol. The van der Waals surface area contributed by atoms with Crippen molar-refractivity contribution in [2.45, 2.75) is 25.5 Å². The van der Waals surface area contributed by atoms with Crippen LogP contribution in [-0.4, -0.2) is 35.7 Å². The Morgan fingerprint density at radius 1 is 1.47 bits per heavy atom. The van der Waals surface area contributed by atoms with Crippen LogP contribution in [0.2, 0.25) is 0 Å². The van der Waals surface area contributed by atoms with Crippen molar-refractivity contribution in [2.75, 3.05) is 19.7 Å². The minimum absolute atomic E-state index is 0. The van der Waals surface area contributed by atoms with E-state index in [0.29, 0.717) is 11.8 Å². The summed E-state index contributed by atoms with van der Waals surface area (Å²) < 4.78 is 5.86. The Hall–Kier alpha value is -0.580. The highest BCUT2D eigenvalue weighted by atomic mass is 79.9. The van der Waals surface area contributed by atoms with Gasteiger partial charge >= 0.3 is 0 Å². The van der Waals surface area contributed by atoms with Gasteiger partial charge in [0.1, 0.15) is 5.75 Å². The van der Waals surface area contributed by atoms with Crippen LogP contribution in [0.1, 0.15) is 24.2 Å². The number of hydrogen-bond donors (Lipinski definition) is 1. The van der Waals surface area contributed by atoms with Crippen molar-refractivity contribution in [3.05, 3.63) is 29.3 Å². The first-order valence-electron chi connectivity index (χ1n) is 5.97. The Bertz CT molecular complexity index is 410. The average Bonchev–Trinajstić information content (AvgIpc) is 2.69. The van der Waals surface area contributed by atoms with E-state index in [1.807, 2.05) is 6.07 Å². The van der Waals surface area contributed by atoms with Crippen molar-refractivity contribution in [1.29, 1.82) is 0 Å². The minimum atomic E-state index is 0. The molecule has 1 heterocycles. The lowest BCUT2D eigenvalue weighted by Crippen LogP contribution is -2.45. The normalized spacial score (nSPS) is 27.1. The molecule has 3 rings (SSSR count). The van der Waals surface area contributed by atoms with Gasteiger partial charge in [-0.15, -0.1) is 17.0 Å². The van der Waals surface area contributed by atoms with Gasteiger partial charge in [0.25, 0.3) is 0 Å². The molecule has 94 valence electrons. The zero-order valence-electron chi connectivity index (χ0n) is 9.93. The van der Waals surface area contributed by atoms with Crippen molar-refractivity contribution < 1.29 is 9.84 Å². The number of phenols is 1. The molecule has 4 heteroatoms. The number of nitrogens with zero attached hydrogens (tertiary/aromatic N) is 1. The molecule has 1 fully saturated rings. The molecule has 1 N–H and O–H groups in total. The number of hydrogen-bond acceptors (Lipinski definition) is 3. The number of rotatable bonds is 1. The maximum absolute atomic E-state index is 9.86. The van der Waals surface area contributed by atoms with E-state index in [1.54, 1.807) is 6.07 Å². The smallest absolute Gasteiger partial charge is 0.119 e. The van der Waals surface area contributed by atoms with Gasteiger partial charge < -0.3 is 9.84 Å². The highest BCUT2D eigenvalue weighted by Crippen LogP contribution is 2.42.